The van der Waals surface area contributed by atoms with Crippen molar-refractivity contribution in [3.8, 4) is 0 Å². The van der Waals surface area contributed by atoms with E-state index in [1.165, 1.54) is 0 Å². The van der Waals surface area contributed by atoms with Crippen LogP contribution in [0.1, 0.15) is 32.1 Å². The van der Waals surface area contributed by atoms with Crippen molar-refractivity contribution >= 4 is 15.9 Å². The summed E-state index contributed by atoms with van der Waals surface area (Å²) in [5.74, 6) is -0.582. The zero-order valence-electron chi connectivity index (χ0n) is 9.89. The lowest BCUT2D eigenvalue weighted by molar-refractivity contribution is -0.125. The molecule has 0 aromatic carbocycles. The monoisotopic (exact) mass is 263 g/mol. The number of rotatable bonds is 4. The molecule has 0 aromatic rings. The van der Waals surface area contributed by atoms with Crippen LogP contribution in [0, 0.1) is 5.92 Å². The van der Waals surface area contributed by atoms with Crippen LogP contribution in [0.15, 0.2) is 0 Å². The van der Waals surface area contributed by atoms with Crippen LogP contribution >= 0.6 is 0 Å². The molecule has 0 radical (unpaired) electrons. The average Bonchev–Trinajstić information content (AvgIpc) is 2.40. The molecule has 7 heteroatoms. The van der Waals surface area contributed by atoms with Crippen molar-refractivity contribution < 1.29 is 13.2 Å². The predicted octanol–water partition coefficient (Wildman–Crippen LogP) is -0.701. The van der Waals surface area contributed by atoms with E-state index in [1.54, 1.807) is 0 Å². The number of hydrogen-bond donors (Lipinski definition) is 3. The molecule has 1 rings (SSSR count). The number of sulfonamides is 1. The van der Waals surface area contributed by atoms with Crippen LogP contribution in [0.5, 0.6) is 0 Å². The maximum Gasteiger partial charge on any atom is 0.224 e. The van der Waals surface area contributed by atoms with Gasteiger partial charge in [-0.05, 0) is 12.8 Å². The quantitative estimate of drug-likeness (QED) is 0.581. The summed E-state index contributed by atoms with van der Waals surface area (Å²) in [4.78, 5) is 11.8. The van der Waals surface area contributed by atoms with E-state index in [9.17, 15) is 13.2 Å². The molecule has 6 nitrogen and oxygen atoms in total. The number of primary sulfonamides is 1. The lowest BCUT2D eigenvalue weighted by atomic mass is 9.95. The van der Waals surface area contributed by atoms with E-state index in [0.29, 0.717) is 0 Å². The Morgan fingerprint density at radius 1 is 1.24 bits per heavy atom. The van der Waals surface area contributed by atoms with Gasteiger partial charge in [0.15, 0.2) is 0 Å². The molecule has 0 bridgehead atoms. The maximum absolute atomic E-state index is 11.8. The number of nitrogens with two attached hydrogens (primary N) is 2. The molecule has 2 unspecified atom stereocenters. The maximum atomic E-state index is 11.8. The Morgan fingerprint density at radius 2 is 1.88 bits per heavy atom. The molecule has 1 saturated carbocycles. The molecule has 0 spiro atoms. The minimum Gasteiger partial charge on any atom is -0.355 e. The van der Waals surface area contributed by atoms with Gasteiger partial charge in [0.1, 0.15) is 0 Å². The van der Waals surface area contributed by atoms with Crippen molar-refractivity contribution in [2.45, 2.75) is 38.1 Å². The van der Waals surface area contributed by atoms with Gasteiger partial charge in [0, 0.05) is 12.6 Å². The zero-order valence-corrected chi connectivity index (χ0v) is 10.7. The van der Waals surface area contributed by atoms with Crippen LogP contribution < -0.4 is 16.2 Å². The highest BCUT2D eigenvalue weighted by molar-refractivity contribution is 7.89. The van der Waals surface area contributed by atoms with E-state index < -0.39 is 10.0 Å². The van der Waals surface area contributed by atoms with Gasteiger partial charge in [-0.1, -0.05) is 19.3 Å². The topological polar surface area (TPSA) is 115 Å². The second kappa shape index (κ2) is 6.32. The van der Waals surface area contributed by atoms with Gasteiger partial charge >= 0.3 is 0 Å². The van der Waals surface area contributed by atoms with Crippen LogP contribution in [0.2, 0.25) is 0 Å². The molecule has 1 amide bonds. The van der Waals surface area contributed by atoms with Gasteiger partial charge in [0.25, 0.3) is 0 Å². The molecule has 0 aliphatic heterocycles. The van der Waals surface area contributed by atoms with Crippen LogP contribution in [-0.2, 0) is 14.8 Å². The van der Waals surface area contributed by atoms with Gasteiger partial charge in [0.2, 0.25) is 15.9 Å². The number of carbonyl (C=O) groups excluding carboxylic acids is 1. The lowest BCUT2D eigenvalue weighted by Gasteiger charge is -2.20. The van der Waals surface area contributed by atoms with Gasteiger partial charge < -0.3 is 11.1 Å². The molecule has 0 aromatic heterocycles. The summed E-state index contributed by atoms with van der Waals surface area (Å²) in [5, 5.41) is 7.44. The second-order valence-corrected chi connectivity index (χ2v) is 6.30. The fourth-order valence-corrected chi connectivity index (χ4v) is 2.50. The second-order valence-electron chi connectivity index (χ2n) is 4.57. The fourth-order valence-electron chi connectivity index (χ4n) is 2.11. The summed E-state index contributed by atoms with van der Waals surface area (Å²) in [7, 11) is -3.52. The Labute approximate surface area is 102 Å². The van der Waals surface area contributed by atoms with Crippen molar-refractivity contribution in [3.05, 3.63) is 0 Å². The molecule has 5 N–H and O–H groups in total. The third kappa shape index (κ3) is 5.47. The smallest absolute Gasteiger partial charge is 0.224 e. The van der Waals surface area contributed by atoms with Gasteiger partial charge in [-0.25, -0.2) is 13.6 Å². The summed E-state index contributed by atoms with van der Waals surface area (Å²) in [5.41, 5.74) is 5.93. The standard InChI is InChI=1S/C10H21N3O3S/c11-9-5-3-1-2-4-8(9)10(14)13-6-7-17(12,15)16/h8-9H,1-7,11H2,(H,13,14)(H2,12,15,16). The summed E-state index contributed by atoms with van der Waals surface area (Å²) < 4.78 is 21.4. The first-order valence-corrected chi connectivity index (χ1v) is 7.65. The Balaban J connectivity index is 2.40. The minimum atomic E-state index is -3.52. The van der Waals surface area contributed by atoms with Crippen molar-refractivity contribution in [3.63, 3.8) is 0 Å². The number of hydrogen-bond acceptors (Lipinski definition) is 4. The van der Waals surface area contributed by atoms with E-state index in [0.717, 1.165) is 32.1 Å². The van der Waals surface area contributed by atoms with Gasteiger partial charge in [0.05, 0.1) is 11.7 Å². The summed E-state index contributed by atoms with van der Waals surface area (Å²) in [6.45, 7) is 0.0564. The van der Waals surface area contributed by atoms with Crippen LogP contribution in [0.25, 0.3) is 0 Å². The highest BCUT2D eigenvalue weighted by Gasteiger charge is 2.26. The number of amides is 1. The SMILES string of the molecule is NC1CCCCCC1C(=O)NCCS(N)(=O)=O. The first-order chi connectivity index (χ1) is 7.90. The Morgan fingerprint density at radius 3 is 2.53 bits per heavy atom. The Bertz CT molecular complexity index is 356. The molecule has 2 atom stereocenters. The van der Waals surface area contributed by atoms with Crippen molar-refractivity contribution in [2.75, 3.05) is 12.3 Å². The third-order valence-electron chi connectivity index (χ3n) is 3.09. The summed E-state index contributed by atoms with van der Waals surface area (Å²) in [6, 6.07) is -0.119. The Kier molecular flexibility index (Phi) is 5.35. The minimum absolute atomic E-state index is 0.0564. The fraction of sp³-hybridized carbons (Fsp3) is 0.900. The van der Waals surface area contributed by atoms with E-state index >= 15 is 0 Å². The molecule has 1 aliphatic rings. The first-order valence-electron chi connectivity index (χ1n) is 5.94. The highest BCUT2D eigenvalue weighted by atomic mass is 32.2. The largest absolute Gasteiger partial charge is 0.355 e. The normalized spacial score (nSPS) is 26.2. The third-order valence-corrected chi connectivity index (χ3v) is 3.87. The van der Waals surface area contributed by atoms with Crippen LogP contribution in [-0.4, -0.2) is 32.7 Å². The lowest BCUT2D eigenvalue weighted by Crippen LogP contribution is -2.43. The van der Waals surface area contributed by atoms with Gasteiger partial charge in [-0.15, -0.1) is 0 Å². The average molecular weight is 263 g/mol. The highest BCUT2D eigenvalue weighted by Crippen LogP contribution is 2.22. The number of nitrogens with one attached hydrogen (secondary N) is 1. The van der Waals surface area contributed by atoms with Gasteiger partial charge in [-0.3, -0.25) is 4.79 Å². The molecule has 0 saturated heterocycles. The van der Waals surface area contributed by atoms with E-state index in [1.807, 2.05) is 0 Å². The molecule has 1 fully saturated rings. The predicted molar refractivity (Wildman–Crippen MR) is 65.5 cm³/mol. The molecule has 0 heterocycles. The summed E-state index contributed by atoms with van der Waals surface area (Å²) >= 11 is 0. The molecule has 1 aliphatic carbocycles. The van der Waals surface area contributed by atoms with Crippen molar-refractivity contribution in [1.82, 2.24) is 5.32 Å². The molecule has 100 valence electrons. The number of carbonyl (C=O) groups is 1. The van der Waals surface area contributed by atoms with E-state index in [-0.39, 0.29) is 30.2 Å². The van der Waals surface area contributed by atoms with E-state index in [2.05, 4.69) is 5.32 Å². The molecular formula is C10H21N3O3S. The van der Waals surface area contributed by atoms with Crippen molar-refractivity contribution in [1.29, 1.82) is 0 Å². The van der Waals surface area contributed by atoms with E-state index in [4.69, 9.17) is 10.9 Å². The molecular weight excluding hydrogens is 242 g/mol. The molecule has 17 heavy (non-hydrogen) atoms. The van der Waals surface area contributed by atoms with Crippen LogP contribution in [0.3, 0.4) is 0 Å². The van der Waals surface area contributed by atoms with Crippen molar-refractivity contribution in [2.24, 2.45) is 16.8 Å². The van der Waals surface area contributed by atoms with Crippen LogP contribution in [0.4, 0.5) is 0 Å². The van der Waals surface area contributed by atoms with Gasteiger partial charge in [-0.2, -0.15) is 0 Å². The Hall–Kier alpha value is -0.660. The first kappa shape index (κ1) is 14.4. The summed E-state index contributed by atoms with van der Waals surface area (Å²) in [6.07, 6.45) is 4.80. The zero-order chi connectivity index (χ0) is 12.9.